The minimum Gasteiger partial charge on any atom is -0.452 e. The van der Waals surface area contributed by atoms with Gasteiger partial charge in [0, 0.05) is 11.1 Å². The first kappa shape index (κ1) is 21.0. The van der Waals surface area contributed by atoms with Crippen molar-refractivity contribution in [3.8, 4) is 0 Å². The van der Waals surface area contributed by atoms with E-state index in [4.69, 9.17) is 27.9 Å². The fraction of sp³-hybridized carbons (Fsp3) is 0.0500. The van der Waals surface area contributed by atoms with Gasteiger partial charge in [-0.05, 0) is 41.3 Å². The lowest BCUT2D eigenvalue weighted by Gasteiger charge is -2.09. The van der Waals surface area contributed by atoms with Crippen molar-refractivity contribution in [3.05, 3.63) is 80.3 Å². The number of hydrogen-bond acceptors (Lipinski definition) is 5. The van der Waals surface area contributed by atoms with Gasteiger partial charge >= 0.3 is 5.97 Å². The maximum absolute atomic E-state index is 13.1. The molecule has 0 aliphatic carbocycles. The summed E-state index contributed by atoms with van der Waals surface area (Å²) in [6.07, 6.45) is 2.90. The van der Waals surface area contributed by atoms with E-state index in [9.17, 15) is 14.0 Å². The number of esters is 1. The highest BCUT2D eigenvalue weighted by atomic mass is 35.5. The first-order valence-corrected chi connectivity index (χ1v) is 9.85. The molecule has 9 heteroatoms. The van der Waals surface area contributed by atoms with Gasteiger partial charge < -0.3 is 10.1 Å². The summed E-state index contributed by atoms with van der Waals surface area (Å²) in [7, 11) is 0. The molecule has 3 rings (SSSR count). The van der Waals surface area contributed by atoms with E-state index in [2.05, 4.69) is 10.3 Å². The summed E-state index contributed by atoms with van der Waals surface area (Å²) >= 11 is 13.1. The SMILES string of the molecule is O=C(COC(=O)/C(=C/c1ccc(F)cc1)c1cccs1)Nc1ncc(Cl)cc1Cl. The predicted molar refractivity (Wildman–Crippen MR) is 112 cm³/mol. The maximum atomic E-state index is 13.1. The van der Waals surface area contributed by atoms with Gasteiger partial charge in [0.25, 0.3) is 5.91 Å². The van der Waals surface area contributed by atoms with E-state index in [1.807, 2.05) is 5.38 Å². The third-order valence-corrected chi connectivity index (χ3v) is 4.99. The molecule has 1 aromatic carbocycles. The third-order valence-electron chi connectivity index (χ3n) is 3.59. The van der Waals surface area contributed by atoms with Crippen LogP contribution in [0.5, 0.6) is 0 Å². The van der Waals surface area contributed by atoms with Gasteiger partial charge in [0.2, 0.25) is 0 Å². The Labute approximate surface area is 179 Å². The number of anilines is 1. The molecule has 1 N–H and O–H groups in total. The average molecular weight is 451 g/mol. The number of ether oxygens (including phenoxy) is 1. The van der Waals surface area contributed by atoms with Crippen LogP contribution in [-0.2, 0) is 14.3 Å². The van der Waals surface area contributed by atoms with Crippen molar-refractivity contribution < 1.29 is 18.7 Å². The molecule has 29 heavy (non-hydrogen) atoms. The molecule has 0 unspecified atom stereocenters. The normalized spacial score (nSPS) is 11.2. The molecule has 0 atom stereocenters. The minimum atomic E-state index is -0.693. The number of thiophene rings is 1. The zero-order valence-electron chi connectivity index (χ0n) is 14.7. The van der Waals surface area contributed by atoms with Crippen molar-refractivity contribution in [1.82, 2.24) is 4.98 Å². The molecule has 2 heterocycles. The quantitative estimate of drug-likeness (QED) is 0.407. The van der Waals surface area contributed by atoms with Gasteiger partial charge in [-0.3, -0.25) is 4.79 Å². The monoisotopic (exact) mass is 450 g/mol. The third kappa shape index (κ3) is 5.87. The Kier molecular flexibility index (Phi) is 6.98. The zero-order valence-corrected chi connectivity index (χ0v) is 17.0. The number of amides is 1. The smallest absolute Gasteiger partial charge is 0.340 e. The molecule has 0 aliphatic rings. The molecule has 0 aliphatic heterocycles. The molecule has 0 saturated heterocycles. The molecule has 0 radical (unpaired) electrons. The molecule has 0 fully saturated rings. The van der Waals surface area contributed by atoms with E-state index < -0.39 is 18.5 Å². The number of benzene rings is 1. The zero-order chi connectivity index (χ0) is 20.8. The van der Waals surface area contributed by atoms with Crippen LogP contribution in [0.3, 0.4) is 0 Å². The van der Waals surface area contributed by atoms with E-state index >= 15 is 0 Å². The summed E-state index contributed by atoms with van der Waals surface area (Å²) in [5.74, 6) is -1.57. The number of aromatic nitrogens is 1. The standard InChI is InChI=1S/C20H13Cl2FN2O3S/c21-13-9-16(22)19(24-10-13)25-18(26)11-28-20(27)15(17-2-1-7-29-17)8-12-3-5-14(23)6-4-12/h1-10H,11H2,(H,24,25,26)/b15-8+. The molecule has 2 aromatic heterocycles. The number of hydrogen-bond donors (Lipinski definition) is 1. The first-order chi connectivity index (χ1) is 13.9. The van der Waals surface area contributed by atoms with Gasteiger partial charge in [-0.25, -0.2) is 14.2 Å². The summed E-state index contributed by atoms with van der Waals surface area (Å²) in [5, 5.41) is 4.74. The largest absolute Gasteiger partial charge is 0.452 e. The summed E-state index contributed by atoms with van der Waals surface area (Å²) in [5.41, 5.74) is 0.871. The molecule has 0 saturated carbocycles. The van der Waals surface area contributed by atoms with Crippen LogP contribution >= 0.6 is 34.5 Å². The van der Waals surface area contributed by atoms with Gasteiger partial charge in [-0.15, -0.1) is 11.3 Å². The van der Waals surface area contributed by atoms with E-state index in [-0.39, 0.29) is 22.2 Å². The fourth-order valence-electron chi connectivity index (χ4n) is 2.27. The van der Waals surface area contributed by atoms with E-state index in [1.165, 1.54) is 47.9 Å². The Morgan fingerprint density at radius 2 is 1.97 bits per heavy atom. The Morgan fingerprint density at radius 3 is 2.62 bits per heavy atom. The van der Waals surface area contributed by atoms with E-state index in [0.29, 0.717) is 15.5 Å². The summed E-state index contributed by atoms with van der Waals surface area (Å²) in [6, 6.07) is 10.6. The fourth-order valence-corrected chi connectivity index (χ4v) is 3.43. The topological polar surface area (TPSA) is 68.3 Å². The molecular formula is C20H13Cl2FN2O3S. The van der Waals surface area contributed by atoms with Crippen molar-refractivity contribution in [1.29, 1.82) is 0 Å². The van der Waals surface area contributed by atoms with Gasteiger partial charge in [-0.1, -0.05) is 41.4 Å². The first-order valence-electron chi connectivity index (χ1n) is 8.21. The van der Waals surface area contributed by atoms with Crippen LogP contribution in [0.2, 0.25) is 10.0 Å². The van der Waals surface area contributed by atoms with Gasteiger partial charge in [0.1, 0.15) is 5.82 Å². The second kappa shape index (κ2) is 9.65. The molecule has 148 valence electrons. The van der Waals surface area contributed by atoms with Crippen LogP contribution in [0.1, 0.15) is 10.4 Å². The summed E-state index contributed by atoms with van der Waals surface area (Å²) in [6.45, 7) is -0.536. The van der Waals surface area contributed by atoms with Crippen molar-refractivity contribution >= 4 is 63.9 Å². The second-order valence-corrected chi connectivity index (χ2v) is 7.49. The lowest BCUT2D eigenvalue weighted by molar-refractivity contribution is -0.141. The number of nitrogens with zero attached hydrogens (tertiary/aromatic N) is 1. The van der Waals surface area contributed by atoms with Crippen LogP contribution in [0, 0.1) is 5.82 Å². The summed E-state index contributed by atoms with van der Waals surface area (Å²) in [4.78, 5) is 29.2. The Hall–Kier alpha value is -2.74. The van der Waals surface area contributed by atoms with Gasteiger partial charge in [0.05, 0.1) is 15.6 Å². The number of pyridine rings is 1. The minimum absolute atomic E-state index is 0.109. The van der Waals surface area contributed by atoms with Crippen molar-refractivity contribution in [2.75, 3.05) is 11.9 Å². The number of carbonyl (C=O) groups excluding carboxylic acids is 2. The number of rotatable bonds is 6. The van der Waals surface area contributed by atoms with E-state index in [0.717, 1.165) is 0 Å². The Balaban J connectivity index is 1.70. The lowest BCUT2D eigenvalue weighted by atomic mass is 10.1. The average Bonchev–Trinajstić information content (AvgIpc) is 3.22. The van der Waals surface area contributed by atoms with Crippen molar-refractivity contribution in [2.24, 2.45) is 0 Å². The van der Waals surface area contributed by atoms with Crippen LogP contribution in [-0.4, -0.2) is 23.5 Å². The molecule has 3 aromatic rings. The lowest BCUT2D eigenvalue weighted by Crippen LogP contribution is -2.22. The maximum Gasteiger partial charge on any atom is 0.340 e. The molecule has 0 bridgehead atoms. The molecular weight excluding hydrogens is 438 g/mol. The number of halogens is 3. The molecule has 1 amide bonds. The Bertz CT molecular complexity index is 1050. The second-order valence-electron chi connectivity index (χ2n) is 5.70. The van der Waals surface area contributed by atoms with Crippen LogP contribution < -0.4 is 5.32 Å². The van der Waals surface area contributed by atoms with Crippen molar-refractivity contribution in [3.63, 3.8) is 0 Å². The van der Waals surface area contributed by atoms with E-state index in [1.54, 1.807) is 18.2 Å². The molecule has 0 spiro atoms. The number of carbonyl (C=O) groups is 2. The highest BCUT2D eigenvalue weighted by Gasteiger charge is 2.17. The van der Waals surface area contributed by atoms with Crippen LogP contribution in [0.4, 0.5) is 10.2 Å². The Morgan fingerprint density at radius 1 is 1.21 bits per heavy atom. The van der Waals surface area contributed by atoms with Gasteiger partial charge in [0.15, 0.2) is 12.4 Å². The highest BCUT2D eigenvalue weighted by Crippen LogP contribution is 2.25. The number of nitrogens with one attached hydrogen (secondary N) is 1. The summed E-state index contributed by atoms with van der Waals surface area (Å²) < 4.78 is 18.3. The van der Waals surface area contributed by atoms with Crippen LogP contribution in [0.15, 0.2) is 54.0 Å². The van der Waals surface area contributed by atoms with Gasteiger partial charge in [-0.2, -0.15) is 0 Å². The predicted octanol–water partition coefficient (Wildman–Crippen LogP) is 5.31. The van der Waals surface area contributed by atoms with Crippen molar-refractivity contribution in [2.45, 2.75) is 0 Å². The van der Waals surface area contributed by atoms with Crippen LogP contribution in [0.25, 0.3) is 11.6 Å². The highest BCUT2D eigenvalue weighted by molar-refractivity contribution is 7.11. The molecule has 5 nitrogen and oxygen atoms in total.